The summed E-state index contributed by atoms with van der Waals surface area (Å²) in [4.78, 5) is 5.40. The summed E-state index contributed by atoms with van der Waals surface area (Å²) < 4.78 is 39.7. The van der Waals surface area contributed by atoms with Gasteiger partial charge in [-0.2, -0.15) is 13.2 Å². The van der Waals surface area contributed by atoms with Crippen LogP contribution >= 0.6 is 23.5 Å². The molecule has 2 aliphatic rings. The minimum absolute atomic E-state index is 0.100. The third kappa shape index (κ3) is 5.72. The number of thioether (sulfide) groups is 2. The Morgan fingerprint density at radius 3 is 2.39 bits per heavy atom. The van der Waals surface area contributed by atoms with Gasteiger partial charge < -0.3 is 4.90 Å². The largest absolute Gasteiger partial charge is 0.391 e. The maximum absolute atomic E-state index is 13.2. The van der Waals surface area contributed by atoms with Gasteiger partial charge in [-0.1, -0.05) is 60.4 Å². The average molecular weight is 488 g/mol. The van der Waals surface area contributed by atoms with Crippen molar-refractivity contribution in [1.82, 2.24) is 0 Å². The van der Waals surface area contributed by atoms with Gasteiger partial charge in [0.15, 0.2) is 0 Å². The molecule has 4 rings (SSSR count). The Hall–Kier alpha value is -2.05. The van der Waals surface area contributed by atoms with E-state index in [1.807, 2.05) is 31.3 Å². The molecule has 0 spiro atoms. The molecule has 0 N–H and O–H groups in total. The Morgan fingerprint density at radius 2 is 1.73 bits per heavy atom. The molecule has 0 unspecified atom stereocenters. The van der Waals surface area contributed by atoms with Gasteiger partial charge in [-0.15, -0.1) is 0 Å². The maximum Gasteiger partial charge on any atom is 0.391 e. The van der Waals surface area contributed by atoms with Crippen LogP contribution in [-0.2, 0) is 0 Å². The Bertz CT molecular complexity index is 1080. The molecule has 0 bridgehead atoms. The number of anilines is 1. The van der Waals surface area contributed by atoms with Crippen LogP contribution in [0.5, 0.6) is 0 Å². The Morgan fingerprint density at radius 1 is 1.06 bits per heavy atom. The number of allylic oxidation sites excluding steroid dienone is 3. The van der Waals surface area contributed by atoms with E-state index in [0.717, 1.165) is 26.1 Å². The lowest BCUT2D eigenvalue weighted by molar-refractivity contribution is -0.183. The molecular weight excluding hydrogens is 459 g/mol. The molecule has 0 amide bonds. The molecule has 2 aromatic carbocycles. The van der Waals surface area contributed by atoms with Gasteiger partial charge in [0, 0.05) is 21.7 Å². The van der Waals surface area contributed by atoms with Crippen molar-refractivity contribution in [2.45, 2.75) is 48.6 Å². The van der Waals surface area contributed by atoms with Gasteiger partial charge in [0.1, 0.15) is 0 Å². The smallest absolute Gasteiger partial charge is 0.338 e. The summed E-state index contributed by atoms with van der Waals surface area (Å²) in [5.41, 5.74) is 3.41. The minimum Gasteiger partial charge on any atom is -0.338 e. The van der Waals surface area contributed by atoms with Crippen LogP contribution in [0, 0.1) is 18.8 Å². The molecule has 0 saturated heterocycles. The number of alkyl halides is 3. The van der Waals surface area contributed by atoms with Gasteiger partial charge >= 0.3 is 6.18 Å². The maximum atomic E-state index is 13.2. The second-order valence-corrected chi connectivity index (χ2v) is 10.9. The van der Waals surface area contributed by atoms with Crippen molar-refractivity contribution in [3.63, 3.8) is 0 Å². The number of nitrogens with zero attached hydrogens (tertiary/aromatic N) is 1. The normalized spacial score (nSPS) is 22.5. The Kier molecular flexibility index (Phi) is 7.34. The monoisotopic (exact) mass is 487 g/mol. The second-order valence-electron chi connectivity index (χ2n) is 8.68. The number of hydrogen-bond donors (Lipinski definition) is 0. The van der Waals surface area contributed by atoms with Gasteiger partial charge in [0.25, 0.3) is 0 Å². The van der Waals surface area contributed by atoms with E-state index in [1.165, 1.54) is 10.5 Å². The van der Waals surface area contributed by atoms with E-state index in [0.29, 0.717) is 12.8 Å². The lowest BCUT2D eigenvalue weighted by Gasteiger charge is -2.31. The fourth-order valence-electron chi connectivity index (χ4n) is 4.45. The van der Waals surface area contributed by atoms with Crippen LogP contribution < -0.4 is 4.90 Å². The highest BCUT2D eigenvalue weighted by molar-refractivity contribution is 8.03. The predicted octanol–water partition coefficient (Wildman–Crippen LogP) is 8.98. The van der Waals surface area contributed by atoms with Crippen LogP contribution in [0.1, 0.15) is 31.2 Å². The van der Waals surface area contributed by atoms with E-state index in [1.54, 1.807) is 23.5 Å². The number of fused-ring (bicyclic) bond motifs is 1. The Labute approximate surface area is 202 Å². The molecule has 2 aromatic rings. The highest BCUT2D eigenvalue weighted by atomic mass is 32.2. The molecule has 174 valence electrons. The lowest BCUT2D eigenvalue weighted by atomic mass is 9.78. The average Bonchev–Trinajstić information content (AvgIpc) is 3.10. The number of aryl methyl sites for hydroxylation is 1. The SMILES string of the molecule is C=C(/C=C(/C=C1/Sc2ccccc2N1C)C1CCC(C(F)(F)F)CC1)Sc1ccccc1C. The minimum atomic E-state index is -4.10. The third-order valence-electron chi connectivity index (χ3n) is 6.39. The summed E-state index contributed by atoms with van der Waals surface area (Å²) in [6.07, 6.45) is 1.62. The fraction of sp³-hybridized carbons (Fsp3) is 0.333. The first-order chi connectivity index (χ1) is 15.7. The number of halogens is 3. The van der Waals surface area contributed by atoms with Crippen molar-refractivity contribution in [3.8, 4) is 0 Å². The van der Waals surface area contributed by atoms with Crippen LogP contribution in [-0.4, -0.2) is 13.2 Å². The van der Waals surface area contributed by atoms with Crippen LogP contribution in [0.25, 0.3) is 0 Å². The van der Waals surface area contributed by atoms with Crippen molar-refractivity contribution in [1.29, 1.82) is 0 Å². The first-order valence-corrected chi connectivity index (χ1v) is 12.8. The zero-order valence-corrected chi connectivity index (χ0v) is 20.5. The molecule has 1 fully saturated rings. The van der Waals surface area contributed by atoms with Crippen molar-refractivity contribution in [2.75, 3.05) is 11.9 Å². The molecule has 1 aliphatic carbocycles. The molecule has 0 aromatic heterocycles. The zero-order valence-electron chi connectivity index (χ0n) is 18.9. The fourth-order valence-corrected chi connectivity index (χ4v) is 6.41. The van der Waals surface area contributed by atoms with Crippen LogP contribution in [0.3, 0.4) is 0 Å². The molecule has 1 nitrogen and oxygen atoms in total. The van der Waals surface area contributed by atoms with E-state index in [2.05, 4.69) is 54.8 Å². The van der Waals surface area contributed by atoms with Gasteiger partial charge in [-0.25, -0.2) is 0 Å². The zero-order chi connectivity index (χ0) is 23.6. The van der Waals surface area contributed by atoms with Gasteiger partial charge in [-0.3, -0.25) is 0 Å². The van der Waals surface area contributed by atoms with Gasteiger partial charge in [-0.05, 0) is 80.0 Å². The molecular formula is C27H28F3NS2. The predicted molar refractivity (Wildman–Crippen MR) is 135 cm³/mol. The van der Waals surface area contributed by atoms with Crippen LogP contribution in [0.2, 0.25) is 0 Å². The van der Waals surface area contributed by atoms with Crippen LogP contribution in [0.15, 0.2) is 92.6 Å². The van der Waals surface area contributed by atoms with E-state index < -0.39 is 12.1 Å². The van der Waals surface area contributed by atoms with E-state index in [-0.39, 0.29) is 18.8 Å². The highest BCUT2D eigenvalue weighted by Crippen LogP contribution is 2.47. The first-order valence-electron chi connectivity index (χ1n) is 11.2. The van der Waals surface area contributed by atoms with Crippen molar-refractivity contribution in [2.24, 2.45) is 11.8 Å². The lowest BCUT2D eigenvalue weighted by Crippen LogP contribution is -2.28. The number of rotatable bonds is 5. The number of benzene rings is 2. The van der Waals surface area contributed by atoms with Gasteiger partial charge in [0.2, 0.25) is 0 Å². The quantitative estimate of drug-likeness (QED) is 0.306. The summed E-state index contributed by atoms with van der Waals surface area (Å²) in [5.74, 6) is -1.08. The first kappa shape index (κ1) is 24.1. The van der Waals surface area contributed by atoms with Gasteiger partial charge in [0.05, 0.1) is 16.6 Å². The Balaban J connectivity index is 1.60. The topological polar surface area (TPSA) is 3.24 Å². The molecule has 1 heterocycles. The number of hydrogen-bond acceptors (Lipinski definition) is 3. The second kappa shape index (κ2) is 10.1. The standard InChI is InChI=1S/C27H28F3NS2/c1-18-8-4-6-10-24(18)32-19(2)16-21(20-12-14-22(15-13-20)27(28,29)30)17-26-31(3)23-9-5-7-11-25(23)33-26/h4-11,16-17,20,22H,2,12-15H2,1,3H3/b21-16-,26-17+. The summed E-state index contributed by atoms with van der Waals surface area (Å²) in [6.45, 7) is 6.34. The molecule has 6 heteroatoms. The summed E-state index contributed by atoms with van der Waals surface area (Å²) >= 11 is 3.32. The summed E-state index contributed by atoms with van der Waals surface area (Å²) in [7, 11) is 2.04. The summed E-state index contributed by atoms with van der Waals surface area (Å²) in [6, 6.07) is 16.4. The molecule has 0 radical (unpaired) electrons. The van der Waals surface area contributed by atoms with E-state index in [4.69, 9.17) is 0 Å². The summed E-state index contributed by atoms with van der Waals surface area (Å²) in [5, 5.41) is 1.09. The van der Waals surface area contributed by atoms with E-state index >= 15 is 0 Å². The van der Waals surface area contributed by atoms with E-state index in [9.17, 15) is 13.2 Å². The van der Waals surface area contributed by atoms with Crippen molar-refractivity contribution in [3.05, 3.63) is 88.3 Å². The highest BCUT2D eigenvalue weighted by Gasteiger charge is 2.41. The molecule has 1 saturated carbocycles. The van der Waals surface area contributed by atoms with Crippen LogP contribution in [0.4, 0.5) is 18.9 Å². The van der Waals surface area contributed by atoms with Crippen molar-refractivity contribution >= 4 is 29.2 Å². The number of para-hydroxylation sites is 1. The molecule has 1 aliphatic heterocycles. The molecule has 33 heavy (non-hydrogen) atoms. The van der Waals surface area contributed by atoms with Crippen molar-refractivity contribution < 1.29 is 13.2 Å². The molecule has 0 atom stereocenters. The third-order valence-corrected chi connectivity index (χ3v) is 8.61.